The third-order valence-corrected chi connectivity index (χ3v) is 3.41. The summed E-state index contributed by atoms with van der Waals surface area (Å²) in [6.45, 7) is 6.38. The van der Waals surface area contributed by atoms with E-state index in [-0.39, 0.29) is 5.91 Å². The molecule has 0 aromatic heterocycles. The maximum absolute atomic E-state index is 12.4. The summed E-state index contributed by atoms with van der Waals surface area (Å²) in [6, 6.07) is 8.20. The molecule has 0 unspecified atom stereocenters. The average Bonchev–Trinajstić information content (AvgIpc) is 2.38. The number of carbonyl (C=O) groups excluding carboxylic acids is 1. The third-order valence-electron chi connectivity index (χ3n) is 3.41. The van der Waals surface area contributed by atoms with E-state index in [1.54, 1.807) is 0 Å². The fourth-order valence-electron chi connectivity index (χ4n) is 2.26. The van der Waals surface area contributed by atoms with Crippen molar-refractivity contribution < 1.29 is 4.79 Å². The number of nitrogens with zero attached hydrogens (tertiary/aromatic N) is 1. The van der Waals surface area contributed by atoms with E-state index in [2.05, 4.69) is 13.8 Å². The van der Waals surface area contributed by atoms with Crippen LogP contribution in [0.15, 0.2) is 24.3 Å². The molecule has 0 saturated carbocycles. The van der Waals surface area contributed by atoms with Crippen molar-refractivity contribution in [2.45, 2.75) is 52.5 Å². The molecule has 18 heavy (non-hydrogen) atoms. The molecule has 0 N–H and O–H groups in total. The van der Waals surface area contributed by atoms with Gasteiger partial charge in [0.05, 0.1) is 0 Å². The predicted octanol–water partition coefficient (Wildman–Crippen LogP) is 4.04. The first-order valence-electron chi connectivity index (χ1n) is 6.94. The molecule has 1 aromatic rings. The SMILES string of the molecule is CCCC(CCC)N(C)C(=O)c1ccc(C)cc1. The summed E-state index contributed by atoms with van der Waals surface area (Å²) in [5.74, 6) is 0.141. The zero-order valence-corrected chi connectivity index (χ0v) is 12.1. The Kier molecular flexibility index (Phi) is 5.90. The van der Waals surface area contributed by atoms with E-state index in [0.29, 0.717) is 6.04 Å². The highest BCUT2D eigenvalue weighted by molar-refractivity contribution is 5.94. The number of hydrogen-bond donors (Lipinski definition) is 0. The van der Waals surface area contributed by atoms with Crippen molar-refractivity contribution in [3.63, 3.8) is 0 Å². The topological polar surface area (TPSA) is 20.3 Å². The van der Waals surface area contributed by atoms with E-state index in [1.807, 2.05) is 43.1 Å². The third kappa shape index (κ3) is 3.86. The van der Waals surface area contributed by atoms with Crippen molar-refractivity contribution in [2.75, 3.05) is 7.05 Å². The summed E-state index contributed by atoms with van der Waals surface area (Å²) in [7, 11) is 1.93. The van der Waals surface area contributed by atoms with Gasteiger partial charge in [-0.2, -0.15) is 0 Å². The molecule has 1 rings (SSSR count). The molecule has 0 atom stereocenters. The second-order valence-electron chi connectivity index (χ2n) is 5.01. The molecule has 0 aliphatic heterocycles. The molecule has 0 bridgehead atoms. The lowest BCUT2D eigenvalue weighted by molar-refractivity contribution is 0.0714. The lowest BCUT2D eigenvalue weighted by Crippen LogP contribution is -2.36. The molecule has 0 radical (unpaired) electrons. The minimum atomic E-state index is 0.141. The van der Waals surface area contributed by atoms with Gasteiger partial charge in [-0.15, -0.1) is 0 Å². The Morgan fingerprint density at radius 1 is 1.11 bits per heavy atom. The van der Waals surface area contributed by atoms with Crippen molar-refractivity contribution in [3.05, 3.63) is 35.4 Å². The standard InChI is InChI=1S/C16H25NO/c1-5-7-15(8-6-2)17(4)16(18)14-11-9-13(3)10-12-14/h9-12,15H,5-8H2,1-4H3. The first-order valence-corrected chi connectivity index (χ1v) is 6.94. The van der Waals surface area contributed by atoms with Crippen molar-refractivity contribution in [1.82, 2.24) is 4.90 Å². The quantitative estimate of drug-likeness (QED) is 0.743. The van der Waals surface area contributed by atoms with E-state index in [9.17, 15) is 4.79 Å². The van der Waals surface area contributed by atoms with Gasteiger partial charge in [0.1, 0.15) is 0 Å². The molecule has 1 aromatic carbocycles. The molecule has 0 aliphatic carbocycles. The molecule has 0 saturated heterocycles. The Bertz CT molecular complexity index is 363. The molecule has 2 heteroatoms. The van der Waals surface area contributed by atoms with E-state index in [4.69, 9.17) is 0 Å². The van der Waals surface area contributed by atoms with E-state index in [0.717, 1.165) is 31.2 Å². The van der Waals surface area contributed by atoms with Crippen LogP contribution in [0.5, 0.6) is 0 Å². The zero-order chi connectivity index (χ0) is 13.5. The second kappa shape index (κ2) is 7.20. The van der Waals surface area contributed by atoms with Crippen LogP contribution in [0.4, 0.5) is 0 Å². The van der Waals surface area contributed by atoms with Crippen molar-refractivity contribution in [2.24, 2.45) is 0 Å². The van der Waals surface area contributed by atoms with Gasteiger partial charge in [-0.25, -0.2) is 0 Å². The van der Waals surface area contributed by atoms with Gasteiger partial charge < -0.3 is 4.90 Å². The van der Waals surface area contributed by atoms with E-state index >= 15 is 0 Å². The maximum Gasteiger partial charge on any atom is 0.253 e. The van der Waals surface area contributed by atoms with Gasteiger partial charge in [-0.05, 0) is 31.9 Å². The summed E-state index contributed by atoms with van der Waals surface area (Å²) >= 11 is 0. The highest BCUT2D eigenvalue weighted by Crippen LogP contribution is 2.15. The Balaban J connectivity index is 2.77. The zero-order valence-electron chi connectivity index (χ0n) is 12.1. The minimum Gasteiger partial charge on any atom is -0.339 e. The Morgan fingerprint density at radius 2 is 1.61 bits per heavy atom. The van der Waals surface area contributed by atoms with Crippen LogP contribution in [-0.4, -0.2) is 23.9 Å². The van der Waals surface area contributed by atoms with E-state index in [1.165, 1.54) is 5.56 Å². The van der Waals surface area contributed by atoms with Gasteiger partial charge in [0, 0.05) is 18.7 Å². The molecular weight excluding hydrogens is 222 g/mol. The molecule has 0 spiro atoms. The maximum atomic E-state index is 12.4. The van der Waals surface area contributed by atoms with Crippen LogP contribution in [0.2, 0.25) is 0 Å². The fraction of sp³-hybridized carbons (Fsp3) is 0.562. The summed E-state index contributed by atoms with van der Waals surface area (Å²) in [5, 5.41) is 0. The average molecular weight is 247 g/mol. The van der Waals surface area contributed by atoms with Crippen LogP contribution in [0.1, 0.15) is 55.5 Å². The second-order valence-corrected chi connectivity index (χ2v) is 5.01. The van der Waals surface area contributed by atoms with Crippen molar-refractivity contribution in [3.8, 4) is 0 Å². The number of amides is 1. The Hall–Kier alpha value is -1.31. The minimum absolute atomic E-state index is 0.141. The van der Waals surface area contributed by atoms with Gasteiger partial charge in [-0.3, -0.25) is 4.79 Å². The largest absolute Gasteiger partial charge is 0.339 e. The molecule has 0 fully saturated rings. The summed E-state index contributed by atoms with van der Waals surface area (Å²) < 4.78 is 0. The number of rotatable bonds is 6. The van der Waals surface area contributed by atoms with Crippen LogP contribution >= 0.6 is 0 Å². The molecule has 0 aliphatic rings. The summed E-state index contributed by atoms with van der Waals surface area (Å²) in [5.41, 5.74) is 1.98. The van der Waals surface area contributed by atoms with Gasteiger partial charge in [0.25, 0.3) is 5.91 Å². The molecule has 1 amide bonds. The highest BCUT2D eigenvalue weighted by atomic mass is 16.2. The lowest BCUT2D eigenvalue weighted by Gasteiger charge is -2.28. The van der Waals surface area contributed by atoms with Gasteiger partial charge in [-0.1, -0.05) is 44.4 Å². The normalized spacial score (nSPS) is 10.7. The van der Waals surface area contributed by atoms with Crippen molar-refractivity contribution in [1.29, 1.82) is 0 Å². The molecular formula is C16H25NO. The van der Waals surface area contributed by atoms with Crippen LogP contribution in [0, 0.1) is 6.92 Å². The van der Waals surface area contributed by atoms with Crippen LogP contribution < -0.4 is 0 Å². The fourth-order valence-corrected chi connectivity index (χ4v) is 2.26. The number of carbonyl (C=O) groups is 1. The monoisotopic (exact) mass is 247 g/mol. The predicted molar refractivity (Wildman–Crippen MR) is 76.9 cm³/mol. The van der Waals surface area contributed by atoms with E-state index < -0.39 is 0 Å². The molecule has 0 heterocycles. The molecule has 2 nitrogen and oxygen atoms in total. The van der Waals surface area contributed by atoms with Crippen LogP contribution in [0.3, 0.4) is 0 Å². The first kappa shape index (κ1) is 14.7. The molecule has 100 valence electrons. The number of aryl methyl sites for hydroxylation is 1. The highest BCUT2D eigenvalue weighted by Gasteiger charge is 2.19. The Labute approximate surface area is 111 Å². The van der Waals surface area contributed by atoms with Crippen LogP contribution in [0.25, 0.3) is 0 Å². The van der Waals surface area contributed by atoms with Gasteiger partial charge in [0.2, 0.25) is 0 Å². The first-order chi connectivity index (χ1) is 8.60. The summed E-state index contributed by atoms with van der Waals surface area (Å²) in [4.78, 5) is 14.3. The van der Waals surface area contributed by atoms with Crippen molar-refractivity contribution >= 4 is 5.91 Å². The number of hydrogen-bond acceptors (Lipinski definition) is 1. The van der Waals surface area contributed by atoms with Gasteiger partial charge in [0.15, 0.2) is 0 Å². The smallest absolute Gasteiger partial charge is 0.253 e. The van der Waals surface area contributed by atoms with Gasteiger partial charge >= 0.3 is 0 Å². The lowest BCUT2D eigenvalue weighted by atomic mass is 10.0. The van der Waals surface area contributed by atoms with Crippen LogP contribution in [-0.2, 0) is 0 Å². The Morgan fingerprint density at radius 3 is 2.06 bits per heavy atom. The summed E-state index contributed by atoms with van der Waals surface area (Å²) in [6.07, 6.45) is 4.41. The number of benzene rings is 1.